The molecule has 1 atom stereocenters. The van der Waals surface area contributed by atoms with Gasteiger partial charge in [-0.25, -0.2) is 4.79 Å². The van der Waals surface area contributed by atoms with Gasteiger partial charge in [-0.2, -0.15) is 0 Å². The minimum atomic E-state index is -0.484. The molecule has 1 unspecified atom stereocenters. The fourth-order valence-corrected chi connectivity index (χ4v) is 1.66. The Hall–Kier alpha value is -1.65. The Morgan fingerprint density at radius 1 is 1.25 bits per heavy atom. The highest BCUT2D eigenvalue weighted by molar-refractivity contribution is 6.04. The number of carbonyl (C=O) groups excluding carboxylic acids is 2. The highest BCUT2D eigenvalue weighted by atomic mass is 16.5. The summed E-state index contributed by atoms with van der Waals surface area (Å²) in [5.74, 6) is -1.30. The Morgan fingerprint density at radius 3 is 2.38 bits per heavy atom. The van der Waals surface area contributed by atoms with Gasteiger partial charge in [0.15, 0.2) is 0 Å². The highest BCUT2D eigenvalue weighted by Gasteiger charge is 2.31. The Labute approximate surface area is 94.1 Å². The highest BCUT2D eigenvalue weighted by Crippen LogP contribution is 2.25. The van der Waals surface area contributed by atoms with Crippen molar-refractivity contribution >= 4 is 17.7 Å². The quantitative estimate of drug-likeness (QED) is 0.660. The van der Waals surface area contributed by atoms with Gasteiger partial charge in [-0.1, -0.05) is 0 Å². The summed E-state index contributed by atoms with van der Waals surface area (Å²) in [6.45, 7) is 3.47. The van der Waals surface area contributed by atoms with Gasteiger partial charge in [0.1, 0.15) is 0 Å². The van der Waals surface area contributed by atoms with Crippen molar-refractivity contribution in [2.24, 2.45) is 10.9 Å². The van der Waals surface area contributed by atoms with E-state index >= 15 is 0 Å². The van der Waals surface area contributed by atoms with Crippen LogP contribution in [0.1, 0.15) is 20.3 Å². The second kappa shape index (κ2) is 4.92. The predicted molar refractivity (Wildman–Crippen MR) is 57.9 cm³/mol. The molecule has 88 valence electrons. The third-order valence-corrected chi connectivity index (χ3v) is 2.61. The minimum Gasteiger partial charge on any atom is -0.469 e. The molecule has 5 nitrogen and oxygen atoms in total. The molecular weight excluding hydrogens is 210 g/mol. The number of aliphatic imine (C=N–C) groups is 1. The van der Waals surface area contributed by atoms with Crippen LogP contribution < -0.4 is 0 Å². The molecule has 16 heavy (non-hydrogen) atoms. The van der Waals surface area contributed by atoms with Crippen molar-refractivity contribution < 1.29 is 19.1 Å². The zero-order valence-corrected chi connectivity index (χ0v) is 9.86. The first kappa shape index (κ1) is 12.4. The molecule has 0 saturated heterocycles. The van der Waals surface area contributed by atoms with Gasteiger partial charge in [-0.3, -0.25) is 9.79 Å². The number of methoxy groups -OCH3 is 2. The fraction of sp³-hybridized carbons (Fsp3) is 0.545. The van der Waals surface area contributed by atoms with E-state index in [0.717, 1.165) is 0 Å². The number of rotatable bonds is 2. The van der Waals surface area contributed by atoms with Crippen LogP contribution in [0.15, 0.2) is 16.3 Å². The van der Waals surface area contributed by atoms with E-state index in [9.17, 15) is 9.59 Å². The molecule has 0 radical (unpaired) electrons. The van der Waals surface area contributed by atoms with Crippen LogP contribution in [0.3, 0.4) is 0 Å². The van der Waals surface area contributed by atoms with Crippen LogP contribution in [0.4, 0.5) is 0 Å². The Balaban J connectivity index is 3.01. The lowest BCUT2D eigenvalue weighted by Crippen LogP contribution is -2.28. The van der Waals surface area contributed by atoms with E-state index in [2.05, 4.69) is 14.5 Å². The first-order valence-corrected chi connectivity index (χ1v) is 4.92. The summed E-state index contributed by atoms with van der Waals surface area (Å²) in [6, 6.07) is 0. The van der Waals surface area contributed by atoms with Crippen molar-refractivity contribution in [3.05, 3.63) is 11.3 Å². The lowest BCUT2D eigenvalue weighted by molar-refractivity contribution is -0.143. The molecule has 1 aliphatic rings. The van der Waals surface area contributed by atoms with Crippen molar-refractivity contribution in [3.63, 3.8) is 0 Å². The summed E-state index contributed by atoms with van der Waals surface area (Å²) >= 11 is 0. The summed E-state index contributed by atoms with van der Waals surface area (Å²) in [6.07, 6.45) is 0.292. The Morgan fingerprint density at radius 2 is 1.88 bits per heavy atom. The predicted octanol–water partition coefficient (Wildman–Crippen LogP) is 1.09. The van der Waals surface area contributed by atoms with Crippen molar-refractivity contribution in [2.45, 2.75) is 20.3 Å². The first-order chi connectivity index (χ1) is 7.51. The maximum atomic E-state index is 11.5. The lowest BCUT2D eigenvalue weighted by atomic mass is 9.91. The summed E-state index contributed by atoms with van der Waals surface area (Å²) in [7, 11) is 2.62. The molecule has 0 aromatic heterocycles. The van der Waals surface area contributed by atoms with Gasteiger partial charge < -0.3 is 9.47 Å². The molecule has 0 aliphatic carbocycles. The molecule has 0 bridgehead atoms. The average Bonchev–Trinajstić information content (AvgIpc) is 2.27. The van der Waals surface area contributed by atoms with Crippen LogP contribution in [0, 0.1) is 5.92 Å². The maximum absolute atomic E-state index is 11.5. The topological polar surface area (TPSA) is 65.0 Å². The standard InChI is InChI=1S/C11H15NO4/c1-6-8(10(13)15-3)5-9(7(2)12-6)11(14)16-4/h8H,5H2,1-4H3. The second-order valence-electron chi connectivity index (χ2n) is 3.59. The van der Waals surface area contributed by atoms with Crippen molar-refractivity contribution in [1.29, 1.82) is 0 Å². The van der Waals surface area contributed by atoms with Gasteiger partial charge in [0.2, 0.25) is 0 Å². The van der Waals surface area contributed by atoms with E-state index in [4.69, 9.17) is 0 Å². The average molecular weight is 225 g/mol. The molecule has 0 aromatic rings. The van der Waals surface area contributed by atoms with Gasteiger partial charge in [0.25, 0.3) is 0 Å². The number of hydrogen-bond acceptors (Lipinski definition) is 5. The molecule has 0 aromatic carbocycles. The number of allylic oxidation sites excluding steroid dienone is 1. The fourth-order valence-electron chi connectivity index (χ4n) is 1.66. The number of ether oxygens (including phenoxy) is 2. The number of esters is 2. The van der Waals surface area contributed by atoms with Gasteiger partial charge in [0, 0.05) is 11.4 Å². The molecule has 0 saturated carbocycles. The molecule has 5 heteroatoms. The molecule has 1 aliphatic heterocycles. The largest absolute Gasteiger partial charge is 0.469 e. The van der Waals surface area contributed by atoms with Crippen LogP contribution in [0.25, 0.3) is 0 Å². The van der Waals surface area contributed by atoms with Crippen LogP contribution in [-0.4, -0.2) is 31.9 Å². The molecule has 1 heterocycles. The molecule has 0 N–H and O–H groups in total. The molecule has 0 fully saturated rings. The van der Waals surface area contributed by atoms with Crippen LogP contribution in [0.2, 0.25) is 0 Å². The molecule has 1 rings (SSSR count). The van der Waals surface area contributed by atoms with Gasteiger partial charge in [-0.05, 0) is 20.3 Å². The van der Waals surface area contributed by atoms with E-state index in [1.54, 1.807) is 13.8 Å². The second-order valence-corrected chi connectivity index (χ2v) is 3.59. The monoisotopic (exact) mass is 225 g/mol. The number of hydrogen-bond donors (Lipinski definition) is 0. The van der Waals surface area contributed by atoms with Gasteiger partial charge >= 0.3 is 11.9 Å². The lowest BCUT2D eigenvalue weighted by Gasteiger charge is -2.21. The van der Waals surface area contributed by atoms with Crippen LogP contribution in [-0.2, 0) is 19.1 Å². The number of carbonyl (C=O) groups is 2. The summed E-state index contributed by atoms with van der Waals surface area (Å²) < 4.78 is 9.30. The van der Waals surface area contributed by atoms with Crippen LogP contribution in [0.5, 0.6) is 0 Å². The zero-order valence-electron chi connectivity index (χ0n) is 9.86. The normalized spacial score (nSPS) is 20.2. The zero-order chi connectivity index (χ0) is 12.3. The third kappa shape index (κ3) is 2.29. The maximum Gasteiger partial charge on any atom is 0.335 e. The smallest absolute Gasteiger partial charge is 0.335 e. The SMILES string of the molecule is COC(=O)C1=C(C)N=C(C)C(C(=O)OC)C1. The molecular formula is C11H15NO4. The van der Waals surface area contributed by atoms with E-state index in [-0.39, 0.29) is 5.97 Å². The van der Waals surface area contributed by atoms with Crippen molar-refractivity contribution in [2.75, 3.05) is 14.2 Å². The van der Waals surface area contributed by atoms with Gasteiger partial charge in [-0.15, -0.1) is 0 Å². The molecule has 0 spiro atoms. The molecule has 0 amide bonds. The van der Waals surface area contributed by atoms with Crippen LogP contribution >= 0.6 is 0 Å². The van der Waals surface area contributed by atoms with Gasteiger partial charge in [0.05, 0.1) is 25.7 Å². The number of nitrogens with zero attached hydrogens (tertiary/aromatic N) is 1. The Bertz CT molecular complexity index is 381. The minimum absolute atomic E-state index is 0.292. The summed E-state index contributed by atoms with van der Waals surface area (Å²) in [5, 5.41) is 0. The van der Waals surface area contributed by atoms with Crippen molar-refractivity contribution in [3.8, 4) is 0 Å². The summed E-state index contributed by atoms with van der Waals surface area (Å²) in [4.78, 5) is 27.1. The first-order valence-electron chi connectivity index (χ1n) is 4.92. The van der Waals surface area contributed by atoms with E-state index < -0.39 is 11.9 Å². The van der Waals surface area contributed by atoms with E-state index in [0.29, 0.717) is 23.4 Å². The van der Waals surface area contributed by atoms with E-state index in [1.165, 1.54) is 14.2 Å². The van der Waals surface area contributed by atoms with E-state index in [1.807, 2.05) is 0 Å². The summed E-state index contributed by atoms with van der Waals surface area (Å²) in [5.41, 5.74) is 1.70. The van der Waals surface area contributed by atoms with Crippen molar-refractivity contribution in [1.82, 2.24) is 0 Å². The third-order valence-electron chi connectivity index (χ3n) is 2.61. The Kier molecular flexibility index (Phi) is 3.82.